The summed E-state index contributed by atoms with van der Waals surface area (Å²) in [5.74, 6) is 0.194. The van der Waals surface area contributed by atoms with Crippen LogP contribution in [0.2, 0.25) is 0 Å². The molecule has 0 aromatic carbocycles. The van der Waals surface area contributed by atoms with Crippen molar-refractivity contribution in [1.29, 1.82) is 0 Å². The summed E-state index contributed by atoms with van der Waals surface area (Å²) in [5.41, 5.74) is 6.08. The number of nitrogens with two attached hydrogens (primary N) is 1. The molecule has 0 spiro atoms. The van der Waals surface area contributed by atoms with Gasteiger partial charge in [0.2, 0.25) is 10.0 Å². The van der Waals surface area contributed by atoms with Gasteiger partial charge in [0.1, 0.15) is 0 Å². The second-order valence-corrected chi connectivity index (χ2v) is 8.53. The van der Waals surface area contributed by atoms with Gasteiger partial charge < -0.3 is 5.73 Å². The maximum atomic E-state index is 12.0. The monoisotopic (exact) mass is 276 g/mol. The second-order valence-electron chi connectivity index (χ2n) is 6.66. The Morgan fingerprint density at radius 1 is 1.17 bits per heavy atom. The van der Waals surface area contributed by atoms with Gasteiger partial charge in [-0.3, -0.25) is 0 Å². The zero-order chi connectivity index (χ0) is 13.8. The van der Waals surface area contributed by atoms with Crippen molar-refractivity contribution in [3.05, 3.63) is 0 Å². The Balaban J connectivity index is 2.53. The summed E-state index contributed by atoms with van der Waals surface area (Å²) < 4.78 is 26.9. The van der Waals surface area contributed by atoms with Gasteiger partial charge in [0.05, 0.1) is 5.75 Å². The van der Waals surface area contributed by atoms with Gasteiger partial charge in [-0.15, -0.1) is 0 Å². The van der Waals surface area contributed by atoms with Crippen LogP contribution in [0, 0.1) is 5.41 Å². The molecule has 0 aromatic rings. The van der Waals surface area contributed by atoms with Crippen LogP contribution in [0.3, 0.4) is 0 Å². The Morgan fingerprint density at radius 2 is 1.78 bits per heavy atom. The van der Waals surface area contributed by atoms with Gasteiger partial charge in [0.15, 0.2) is 0 Å². The van der Waals surface area contributed by atoms with Gasteiger partial charge in [0.25, 0.3) is 0 Å². The Bertz CT molecular complexity index is 346. The molecule has 1 fully saturated rings. The molecule has 3 N–H and O–H groups in total. The predicted octanol–water partition coefficient (Wildman–Crippen LogP) is 2.00. The van der Waals surface area contributed by atoms with Gasteiger partial charge in [-0.1, -0.05) is 40.0 Å². The van der Waals surface area contributed by atoms with E-state index in [9.17, 15) is 8.42 Å². The zero-order valence-corrected chi connectivity index (χ0v) is 12.7. The van der Waals surface area contributed by atoms with Gasteiger partial charge in [-0.25, -0.2) is 13.1 Å². The van der Waals surface area contributed by atoms with Gasteiger partial charge in [-0.05, 0) is 24.7 Å². The second kappa shape index (κ2) is 6.35. The first-order valence-corrected chi connectivity index (χ1v) is 8.60. The number of sulfonamides is 1. The van der Waals surface area contributed by atoms with Crippen LogP contribution in [-0.2, 0) is 10.0 Å². The Hall–Kier alpha value is -0.130. The lowest BCUT2D eigenvalue weighted by Crippen LogP contribution is -2.47. The molecule has 4 nitrogen and oxygen atoms in total. The largest absolute Gasteiger partial charge is 0.326 e. The van der Waals surface area contributed by atoms with E-state index in [0.717, 1.165) is 32.1 Å². The topological polar surface area (TPSA) is 72.2 Å². The average molecular weight is 276 g/mol. The molecule has 0 aliphatic heterocycles. The molecule has 5 heteroatoms. The smallest absolute Gasteiger partial charge is 0.211 e. The Labute approximate surface area is 112 Å². The minimum Gasteiger partial charge on any atom is -0.326 e. The summed E-state index contributed by atoms with van der Waals surface area (Å²) in [5, 5.41) is 0. The summed E-state index contributed by atoms with van der Waals surface area (Å²) in [6, 6.07) is -0.102. The molecule has 0 amide bonds. The van der Waals surface area contributed by atoms with Crippen molar-refractivity contribution in [2.75, 3.05) is 5.75 Å². The molecule has 0 aromatic heterocycles. The van der Waals surface area contributed by atoms with E-state index in [-0.39, 0.29) is 23.3 Å². The van der Waals surface area contributed by atoms with Crippen molar-refractivity contribution >= 4 is 10.0 Å². The summed E-state index contributed by atoms with van der Waals surface area (Å²) in [7, 11) is -3.19. The molecule has 0 saturated heterocycles. The van der Waals surface area contributed by atoms with Crippen molar-refractivity contribution in [3.8, 4) is 0 Å². The van der Waals surface area contributed by atoms with E-state index >= 15 is 0 Å². The molecule has 2 unspecified atom stereocenters. The van der Waals surface area contributed by atoms with E-state index in [1.165, 1.54) is 0 Å². The highest BCUT2D eigenvalue weighted by Crippen LogP contribution is 2.20. The molecule has 1 aliphatic carbocycles. The maximum Gasteiger partial charge on any atom is 0.211 e. The maximum absolute atomic E-state index is 12.0. The third-order valence-electron chi connectivity index (χ3n) is 3.52. The summed E-state index contributed by atoms with van der Waals surface area (Å²) in [6.45, 7) is 6.17. The van der Waals surface area contributed by atoms with Crippen molar-refractivity contribution < 1.29 is 8.42 Å². The lowest BCUT2D eigenvalue weighted by atomic mass is 9.94. The van der Waals surface area contributed by atoms with Crippen LogP contribution in [0.15, 0.2) is 0 Å². The highest BCUT2D eigenvalue weighted by Gasteiger charge is 2.26. The minimum absolute atomic E-state index is 0.0306. The quantitative estimate of drug-likeness (QED) is 0.771. The normalized spacial score (nSPS) is 26.9. The highest BCUT2D eigenvalue weighted by atomic mass is 32.2. The first kappa shape index (κ1) is 15.9. The van der Waals surface area contributed by atoms with Crippen molar-refractivity contribution in [2.24, 2.45) is 11.1 Å². The number of hydrogen-bond donors (Lipinski definition) is 2. The van der Waals surface area contributed by atoms with Gasteiger partial charge >= 0.3 is 0 Å². The van der Waals surface area contributed by atoms with Crippen LogP contribution in [0.4, 0.5) is 0 Å². The highest BCUT2D eigenvalue weighted by molar-refractivity contribution is 7.89. The molecule has 0 radical (unpaired) electrons. The molecule has 2 atom stereocenters. The summed E-state index contributed by atoms with van der Waals surface area (Å²) in [6.07, 6.45) is 5.81. The Morgan fingerprint density at radius 3 is 2.39 bits per heavy atom. The first-order valence-electron chi connectivity index (χ1n) is 6.95. The predicted molar refractivity (Wildman–Crippen MR) is 75.8 cm³/mol. The summed E-state index contributed by atoms with van der Waals surface area (Å²) >= 11 is 0. The molecule has 0 heterocycles. The molecular weight excluding hydrogens is 248 g/mol. The fourth-order valence-electron chi connectivity index (χ4n) is 2.21. The van der Waals surface area contributed by atoms with E-state index in [4.69, 9.17) is 5.73 Å². The molecule has 18 heavy (non-hydrogen) atoms. The zero-order valence-electron chi connectivity index (χ0n) is 11.9. The first-order chi connectivity index (χ1) is 8.20. The van der Waals surface area contributed by atoms with Gasteiger partial charge in [0, 0.05) is 12.1 Å². The van der Waals surface area contributed by atoms with Crippen LogP contribution in [-0.4, -0.2) is 26.3 Å². The van der Waals surface area contributed by atoms with Crippen LogP contribution in [0.5, 0.6) is 0 Å². The Kier molecular flexibility index (Phi) is 5.62. The van der Waals surface area contributed by atoms with E-state index < -0.39 is 10.0 Å². The third kappa shape index (κ3) is 6.16. The van der Waals surface area contributed by atoms with Gasteiger partial charge in [-0.2, -0.15) is 0 Å². The van der Waals surface area contributed by atoms with Crippen LogP contribution < -0.4 is 10.5 Å². The molecular formula is C13H28N2O2S. The molecule has 1 saturated carbocycles. The van der Waals surface area contributed by atoms with E-state index in [1.54, 1.807) is 0 Å². The number of nitrogens with one attached hydrogen (secondary N) is 1. The lowest BCUT2D eigenvalue weighted by molar-refractivity contribution is 0.393. The minimum atomic E-state index is -3.19. The van der Waals surface area contributed by atoms with Crippen molar-refractivity contribution in [2.45, 2.75) is 71.4 Å². The fourth-order valence-corrected chi connectivity index (χ4v) is 3.97. The van der Waals surface area contributed by atoms with E-state index in [1.807, 2.05) is 0 Å². The molecule has 0 bridgehead atoms. The molecule has 1 rings (SSSR count). The van der Waals surface area contributed by atoms with Crippen LogP contribution >= 0.6 is 0 Å². The SMILES string of the molecule is CC(C)(C)CCS(=O)(=O)NC1CCCCCC1N. The van der Waals surface area contributed by atoms with Crippen LogP contribution in [0.1, 0.15) is 59.3 Å². The third-order valence-corrected chi connectivity index (χ3v) is 4.92. The average Bonchev–Trinajstić information content (AvgIpc) is 2.41. The number of hydrogen-bond acceptors (Lipinski definition) is 3. The van der Waals surface area contributed by atoms with Crippen LogP contribution in [0.25, 0.3) is 0 Å². The van der Waals surface area contributed by atoms with E-state index in [0.29, 0.717) is 6.42 Å². The van der Waals surface area contributed by atoms with E-state index in [2.05, 4.69) is 25.5 Å². The summed E-state index contributed by atoms with van der Waals surface area (Å²) in [4.78, 5) is 0. The van der Waals surface area contributed by atoms with Crippen molar-refractivity contribution in [1.82, 2.24) is 4.72 Å². The van der Waals surface area contributed by atoms with Crippen molar-refractivity contribution in [3.63, 3.8) is 0 Å². The standard InChI is InChI=1S/C13H28N2O2S/c1-13(2,3)9-10-18(16,17)15-12-8-6-4-5-7-11(12)14/h11-12,15H,4-10,14H2,1-3H3. The molecule has 108 valence electrons. The number of rotatable bonds is 4. The lowest BCUT2D eigenvalue weighted by Gasteiger charge is -2.24. The fraction of sp³-hybridized carbons (Fsp3) is 1.00. The molecule has 1 aliphatic rings.